The average molecular weight is 335 g/mol. The van der Waals surface area contributed by atoms with Crippen LogP contribution in [0.1, 0.15) is 36.0 Å². The zero-order valence-corrected chi connectivity index (χ0v) is 12.7. The Hall–Kier alpha value is -2.97. The molecule has 1 saturated carbocycles. The minimum atomic E-state index is -1.03. The van der Waals surface area contributed by atoms with E-state index in [1.807, 2.05) is 0 Å². The molecule has 2 rings (SSSR count). The number of hydrogen-bond donors (Lipinski definition) is 3. The van der Waals surface area contributed by atoms with Gasteiger partial charge in [-0.15, -0.1) is 0 Å². The first-order valence-electron chi connectivity index (χ1n) is 7.47. The van der Waals surface area contributed by atoms with Crippen molar-refractivity contribution >= 4 is 23.5 Å². The van der Waals surface area contributed by atoms with Crippen molar-refractivity contribution in [2.75, 3.05) is 0 Å². The lowest BCUT2D eigenvalue weighted by Gasteiger charge is -2.27. The number of aliphatic carboxylic acids is 1. The van der Waals surface area contributed by atoms with Gasteiger partial charge in [0, 0.05) is 17.7 Å². The normalized spacial score (nSPS) is 20.0. The van der Waals surface area contributed by atoms with Gasteiger partial charge in [-0.2, -0.15) is 0 Å². The maximum absolute atomic E-state index is 12.1. The van der Waals surface area contributed by atoms with E-state index in [0.717, 1.165) is 18.9 Å². The number of carbonyl (C=O) groups excluding carboxylic acids is 2. The second kappa shape index (κ2) is 7.53. The van der Waals surface area contributed by atoms with Gasteiger partial charge in [0.1, 0.15) is 0 Å². The number of nitro benzene ring substituents is 1. The smallest absolute Gasteiger partial charge is 0.307 e. The third-order valence-corrected chi connectivity index (χ3v) is 4.04. The number of amides is 2. The number of rotatable bonds is 4. The number of carbonyl (C=O) groups is 3. The first-order valence-corrected chi connectivity index (χ1v) is 7.47. The fourth-order valence-corrected chi connectivity index (χ4v) is 2.78. The lowest BCUT2D eigenvalue weighted by Crippen LogP contribution is -2.47. The van der Waals surface area contributed by atoms with Crippen molar-refractivity contribution in [1.82, 2.24) is 10.9 Å². The number of nitrogens with one attached hydrogen (secondary N) is 2. The summed E-state index contributed by atoms with van der Waals surface area (Å²) in [5.41, 5.74) is 4.15. The van der Waals surface area contributed by atoms with Gasteiger partial charge in [0.2, 0.25) is 5.91 Å². The zero-order chi connectivity index (χ0) is 17.7. The summed E-state index contributed by atoms with van der Waals surface area (Å²) in [6.45, 7) is 0. The second-order valence-electron chi connectivity index (χ2n) is 5.59. The average Bonchev–Trinajstić information content (AvgIpc) is 2.59. The largest absolute Gasteiger partial charge is 0.481 e. The van der Waals surface area contributed by atoms with Crippen LogP contribution in [0.4, 0.5) is 5.69 Å². The van der Waals surface area contributed by atoms with E-state index in [2.05, 4.69) is 10.9 Å². The third kappa shape index (κ3) is 4.06. The van der Waals surface area contributed by atoms with Crippen LogP contribution in [0.5, 0.6) is 0 Å². The summed E-state index contributed by atoms with van der Waals surface area (Å²) in [4.78, 5) is 45.3. The minimum absolute atomic E-state index is 0.0166. The van der Waals surface area contributed by atoms with Crippen LogP contribution in [0.25, 0.3) is 0 Å². The number of nitro groups is 1. The molecular weight excluding hydrogens is 318 g/mol. The Bertz CT molecular complexity index is 675. The first kappa shape index (κ1) is 17.4. The Labute approximate surface area is 137 Å². The van der Waals surface area contributed by atoms with Gasteiger partial charge in [-0.1, -0.05) is 18.9 Å². The molecule has 0 spiro atoms. The van der Waals surface area contributed by atoms with Crippen LogP contribution in [0.2, 0.25) is 0 Å². The van der Waals surface area contributed by atoms with Gasteiger partial charge >= 0.3 is 5.97 Å². The van der Waals surface area contributed by atoms with Gasteiger partial charge < -0.3 is 5.11 Å². The van der Waals surface area contributed by atoms with E-state index in [4.69, 9.17) is 5.11 Å². The molecule has 1 fully saturated rings. The van der Waals surface area contributed by atoms with Crippen LogP contribution in [0.3, 0.4) is 0 Å². The summed E-state index contributed by atoms with van der Waals surface area (Å²) in [6, 6.07) is 5.06. The molecule has 0 saturated heterocycles. The summed E-state index contributed by atoms with van der Waals surface area (Å²) < 4.78 is 0. The van der Waals surface area contributed by atoms with E-state index < -0.39 is 34.5 Å². The highest BCUT2D eigenvalue weighted by Crippen LogP contribution is 2.30. The molecule has 1 aromatic carbocycles. The number of hydrazine groups is 1. The van der Waals surface area contributed by atoms with Crippen LogP contribution in [-0.4, -0.2) is 27.8 Å². The molecule has 1 aliphatic carbocycles. The topological polar surface area (TPSA) is 139 Å². The van der Waals surface area contributed by atoms with Crippen LogP contribution in [-0.2, 0) is 9.59 Å². The molecule has 1 aliphatic rings. The number of carboxylic acid groups (broad SMARTS) is 1. The fraction of sp³-hybridized carbons (Fsp3) is 0.400. The van der Waals surface area contributed by atoms with Gasteiger partial charge in [-0.25, -0.2) is 0 Å². The standard InChI is InChI=1S/C15H17N3O6/c19-13(9-4-3-5-10(8-9)18(23)24)16-17-14(20)11-6-1-2-7-12(11)15(21)22/h3-5,8,11-12H,1-2,6-7H2,(H,16,19)(H,17,20)(H,21,22)/t11-,12+/m1/s1. The molecule has 128 valence electrons. The number of hydrogen-bond acceptors (Lipinski definition) is 5. The monoisotopic (exact) mass is 335 g/mol. The van der Waals surface area contributed by atoms with Gasteiger partial charge in [-0.05, 0) is 18.9 Å². The maximum atomic E-state index is 12.1. The van der Waals surface area contributed by atoms with Crippen molar-refractivity contribution in [2.24, 2.45) is 11.8 Å². The maximum Gasteiger partial charge on any atom is 0.307 e. The first-order chi connectivity index (χ1) is 11.4. The lowest BCUT2D eigenvalue weighted by atomic mass is 9.79. The van der Waals surface area contributed by atoms with Crippen molar-refractivity contribution < 1.29 is 24.4 Å². The molecule has 9 heteroatoms. The van der Waals surface area contributed by atoms with E-state index in [1.54, 1.807) is 0 Å². The van der Waals surface area contributed by atoms with E-state index in [1.165, 1.54) is 18.2 Å². The molecule has 24 heavy (non-hydrogen) atoms. The molecule has 0 aromatic heterocycles. The molecule has 2 atom stereocenters. The van der Waals surface area contributed by atoms with Crippen molar-refractivity contribution in [1.29, 1.82) is 0 Å². The van der Waals surface area contributed by atoms with Gasteiger partial charge in [-0.3, -0.25) is 35.3 Å². The molecule has 0 aliphatic heterocycles. The minimum Gasteiger partial charge on any atom is -0.481 e. The summed E-state index contributed by atoms with van der Waals surface area (Å²) in [7, 11) is 0. The molecule has 0 heterocycles. The SMILES string of the molecule is O=C(NNC(=O)[C@@H]1CCCC[C@@H]1C(=O)O)c1cccc([N+](=O)[O-])c1. The summed E-state index contributed by atoms with van der Waals surface area (Å²) in [6.07, 6.45) is 2.36. The molecule has 1 aromatic rings. The summed E-state index contributed by atoms with van der Waals surface area (Å²) >= 11 is 0. The molecule has 0 bridgehead atoms. The van der Waals surface area contributed by atoms with Gasteiger partial charge in [0.25, 0.3) is 11.6 Å². The summed E-state index contributed by atoms with van der Waals surface area (Å²) in [5.74, 6) is -3.79. The van der Waals surface area contributed by atoms with E-state index in [-0.39, 0.29) is 11.3 Å². The number of carboxylic acids is 1. The Morgan fingerprint density at radius 3 is 2.42 bits per heavy atom. The van der Waals surface area contributed by atoms with Gasteiger partial charge in [0.15, 0.2) is 0 Å². The number of benzene rings is 1. The fourth-order valence-electron chi connectivity index (χ4n) is 2.78. The van der Waals surface area contributed by atoms with E-state index >= 15 is 0 Å². The van der Waals surface area contributed by atoms with E-state index in [9.17, 15) is 24.5 Å². The highest BCUT2D eigenvalue weighted by molar-refractivity contribution is 5.96. The van der Waals surface area contributed by atoms with Crippen LogP contribution < -0.4 is 10.9 Å². The lowest BCUT2D eigenvalue weighted by molar-refractivity contribution is -0.384. The van der Waals surface area contributed by atoms with Gasteiger partial charge in [0.05, 0.1) is 16.8 Å². The highest BCUT2D eigenvalue weighted by atomic mass is 16.6. The zero-order valence-electron chi connectivity index (χ0n) is 12.7. The molecule has 2 amide bonds. The Morgan fingerprint density at radius 1 is 1.12 bits per heavy atom. The molecule has 3 N–H and O–H groups in total. The molecule has 9 nitrogen and oxygen atoms in total. The van der Waals surface area contributed by atoms with Crippen LogP contribution in [0.15, 0.2) is 24.3 Å². The Morgan fingerprint density at radius 2 is 1.79 bits per heavy atom. The predicted octanol–water partition coefficient (Wildman–Crippen LogP) is 1.25. The number of nitrogens with zero attached hydrogens (tertiary/aromatic N) is 1. The third-order valence-electron chi connectivity index (χ3n) is 4.04. The Kier molecular flexibility index (Phi) is 5.46. The van der Waals surface area contributed by atoms with Crippen LogP contribution in [0, 0.1) is 22.0 Å². The number of non-ortho nitro benzene ring substituents is 1. The van der Waals surface area contributed by atoms with Crippen molar-refractivity contribution in [3.05, 3.63) is 39.9 Å². The van der Waals surface area contributed by atoms with Crippen molar-refractivity contribution in [3.8, 4) is 0 Å². The van der Waals surface area contributed by atoms with Crippen molar-refractivity contribution in [2.45, 2.75) is 25.7 Å². The molecule has 0 unspecified atom stereocenters. The quantitative estimate of drug-likeness (QED) is 0.559. The van der Waals surface area contributed by atoms with E-state index in [0.29, 0.717) is 12.8 Å². The second-order valence-corrected chi connectivity index (χ2v) is 5.59. The summed E-state index contributed by atoms with van der Waals surface area (Å²) in [5, 5.41) is 19.9. The molecule has 0 radical (unpaired) electrons. The predicted molar refractivity (Wildman–Crippen MR) is 81.8 cm³/mol. The van der Waals surface area contributed by atoms with Crippen LogP contribution >= 0.6 is 0 Å². The highest BCUT2D eigenvalue weighted by Gasteiger charge is 2.35. The molecular formula is C15H17N3O6. The van der Waals surface area contributed by atoms with Crippen molar-refractivity contribution in [3.63, 3.8) is 0 Å². The Balaban J connectivity index is 1.98.